The smallest absolute Gasteiger partial charge is 0.497 e. The number of methoxy groups -OCH3 is 1. The summed E-state index contributed by atoms with van der Waals surface area (Å²) in [6, 6.07) is 11.3. The second kappa shape index (κ2) is 11.8. The van der Waals surface area contributed by atoms with Crippen LogP contribution in [0.2, 0.25) is 5.02 Å². The molecule has 1 saturated heterocycles. The third kappa shape index (κ3) is 6.80. The number of esters is 1. The van der Waals surface area contributed by atoms with Crippen LogP contribution in [0.15, 0.2) is 42.5 Å². The Balaban J connectivity index is 1.50. The molecule has 1 aliphatic rings. The molecule has 3 aromatic rings. The number of piperidine rings is 1. The molecule has 9 nitrogen and oxygen atoms in total. The fraction of sp³-hybridized carbons (Fsp3) is 0.400. The Morgan fingerprint density at radius 1 is 1.13 bits per heavy atom. The minimum atomic E-state index is -4.83. The molecule has 2 heterocycles. The van der Waals surface area contributed by atoms with E-state index in [0.29, 0.717) is 36.7 Å². The molecule has 0 unspecified atom stereocenters. The molecule has 0 radical (unpaired) electrons. The number of rotatable bonds is 9. The van der Waals surface area contributed by atoms with Crippen LogP contribution in [-0.2, 0) is 11.3 Å². The van der Waals surface area contributed by atoms with Gasteiger partial charge in [-0.05, 0) is 42.8 Å². The van der Waals surface area contributed by atoms with Gasteiger partial charge in [0.05, 0.1) is 25.9 Å². The summed E-state index contributed by atoms with van der Waals surface area (Å²) in [4.78, 5) is 14.3. The SMILES string of the molecule is CCOC(=O)c1nnn(Cc2ccc(OC)cc2)c1OC1CCN(c2cc(Cl)ccc2OC(F)(F)F)CC1. The van der Waals surface area contributed by atoms with Crippen molar-refractivity contribution in [2.24, 2.45) is 0 Å². The highest BCUT2D eigenvalue weighted by molar-refractivity contribution is 6.30. The summed E-state index contributed by atoms with van der Waals surface area (Å²) < 4.78 is 60.9. The molecule has 0 aliphatic carbocycles. The van der Waals surface area contributed by atoms with Crippen LogP contribution in [-0.4, -0.2) is 60.2 Å². The highest BCUT2D eigenvalue weighted by Crippen LogP contribution is 2.37. The van der Waals surface area contributed by atoms with Crippen LogP contribution < -0.4 is 19.1 Å². The molecule has 0 amide bonds. The summed E-state index contributed by atoms with van der Waals surface area (Å²) in [5, 5.41) is 8.38. The molecule has 0 spiro atoms. The molecule has 13 heteroatoms. The van der Waals surface area contributed by atoms with Gasteiger partial charge in [0.15, 0.2) is 5.75 Å². The van der Waals surface area contributed by atoms with Crippen molar-refractivity contribution < 1.29 is 36.9 Å². The Hall–Kier alpha value is -3.67. The molecule has 0 saturated carbocycles. The van der Waals surface area contributed by atoms with E-state index in [-0.39, 0.29) is 42.3 Å². The van der Waals surface area contributed by atoms with Gasteiger partial charge in [0.1, 0.15) is 11.9 Å². The van der Waals surface area contributed by atoms with E-state index >= 15 is 0 Å². The van der Waals surface area contributed by atoms with Crippen LogP contribution in [0.25, 0.3) is 0 Å². The van der Waals surface area contributed by atoms with Gasteiger partial charge in [-0.1, -0.05) is 28.9 Å². The van der Waals surface area contributed by atoms with Gasteiger partial charge in [-0.15, -0.1) is 18.3 Å². The third-order valence-electron chi connectivity index (χ3n) is 5.86. The van der Waals surface area contributed by atoms with Crippen LogP contribution in [0, 0.1) is 0 Å². The zero-order valence-corrected chi connectivity index (χ0v) is 21.5. The molecular formula is C25H26ClF3N4O5. The molecule has 2 aromatic carbocycles. The van der Waals surface area contributed by atoms with Crippen LogP contribution in [0.3, 0.4) is 0 Å². The minimum absolute atomic E-state index is 0.0431. The van der Waals surface area contributed by atoms with Crippen molar-refractivity contribution in [2.75, 3.05) is 31.7 Å². The number of anilines is 1. The van der Waals surface area contributed by atoms with E-state index in [9.17, 15) is 18.0 Å². The van der Waals surface area contributed by atoms with Crippen LogP contribution in [0.1, 0.15) is 35.8 Å². The standard InChI is InChI=1S/C25H26ClF3N4O5/c1-3-36-24(34)22-23(33(31-30-22)15-16-4-7-18(35-2)8-5-16)37-19-10-12-32(13-11-19)20-14-17(26)6-9-21(20)38-25(27,28)29/h4-9,14,19H,3,10-13,15H2,1-2H3. The Kier molecular flexibility index (Phi) is 8.50. The minimum Gasteiger partial charge on any atom is -0.497 e. The van der Waals surface area contributed by atoms with Crippen molar-refractivity contribution in [3.8, 4) is 17.4 Å². The molecule has 1 aromatic heterocycles. The number of carbonyl (C=O) groups is 1. The number of hydrogen-bond acceptors (Lipinski definition) is 8. The Morgan fingerprint density at radius 3 is 2.47 bits per heavy atom. The molecule has 0 N–H and O–H groups in total. The average molecular weight is 555 g/mol. The highest BCUT2D eigenvalue weighted by Gasteiger charge is 2.34. The molecule has 0 atom stereocenters. The van der Waals surface area contributed by atoms with Gasteiger partial charge in [0.25, 0.3) is 0 Å². The number of alkyl halides is 3. The highest BCUT2D eigenvalue weighted by atomic mass is 35.5. The molecular weight excluding hydrogens is 529 g/mol. The van der Waals surface area contributed by atoms with E-state index in [1.165, 1.54) is 22.9 Å². The lowest BCUT2D eigenvalue weighted by atomic mass is 10.1. The second-order valence-electron chi connectivity index (χ2n) is 8.43. The predicted octanol–water partition coefficient (Wildman–Crippen LogP) is 5.11. The molecule has 4 rings (SSSR count). The first-order chi connectivity index (χ1) is 18.2. The van der Waals surface area contributed by atoms with Crippen molar-refractivity contribution in [3.05, 3.63) is 58.7 Å². The summed E-state index contributed by atoms with van der Waals surface area (Å²) in [6.07, 6.45) is -4.27. The maximum absolute atomic E-state index is 12.9. The Bertz CT molecular complexity index is 1240. The lowest BCUT2D eigenvalue weighted by Gasteiger charge is -2.34. The van der Waals surface area contributed by atoms with E-state index in [2.05, 4.69) is 15.0 Å². The number of carbonyl (C=O) groups excluding carboxylic acids is 1. The Labute approximate surface area is 222 Å². The maximum Gasteiger partial charge on any atom is 0.573 e. The van der Waals surface area contributed by atoms with Crippen molar-refractivity contribution >= 4 is 23.3 Å². The average Bonchev–Trinajstić information content (AvgIpc) is 3.27. The number of nitrogens with zero attached hydrogens (tertiary/aromatic N) is 4. The van der Waals surface area contributed by atoms with E-state index < -0.39 is 12.3 Å². The van der Waals surface area contributed by atoms with E-state index in [1.54, 1.807) is 31.1 Å². The summed E-state index contributed by atoms with van der Waals surface area (Å²) >= 11 is 6.05. The topological polar surface area (TPSA) is 87.9 Å². The van der Waals surface area contributed by atoms with Gasteiger partial charge < -0.3 is 23.8 Å². The number of halogens is 4. The van der Waals surface area contributed by atoms with Gasteiger partial charge in [-0.2, -0.15) is 0 Å². The molecule has 1 fully saturated rings. The summed E-state index contributed by atoms with van der Waals surface area (Å²) in [7, 11) is 1.58. The van der Waals surface area contributed by atoms with Gasteiger partial charge >= 0.3 is 12.3 Å². The largest absolute Gasteiger partial charge is 0.573 e. The number of ether oxygens (including phenoxy) is 4. The van der Waals surface area contributed by atoms with Crippen molar-refractivity contribution in [1.82, 2.24) is 15.0 Å². The summed E-state index contributed by atoms with van der Waals surface area (Å²) in [5.41, 5.74) is 1.08. The first kappa shape index (κ1) is 27.4. The monoisotopic (exact) mass is 554 g/mol. The van der Waals surface area contributed by atoms with Gasteiger partial charge in [0.2, 0.25) is 11.6 Å². The lowest BCUT2D eigenvalue weighted by molar-refractivity contribution is -0.274. The number of hydrogen-bond donors (Lipinski definition) is 0. The first-order valence-electron chi connectivity index (χ1n) is 11.9. The van der Waals surface area contributed by atoms with E-state index in [1.807, 2.05) is 12.1 Å². The lowest BCUT2D eigenvalue weighted by Crippen LogP contribution is -2.39. The van der Waals surface area contributed by atoms with E-state index in [4.69, 9.17) is 25.8 Å². The van der Waals surface area contributed by atoms with Crippen LogP contribution in [0.4, 0.5) is 18.9 Å². The second-order valence-corrected chi connectivity index (χ2v) is 8.87. The number of aromatic nitrogens is 3. The summed E-state index contributed by atoms with van der Waals surface area (Å²) in [6.45, 7) is 2.86. The van der Waals surface area contributed by atoms with Gasteiger partial charge in [0, 0.05) is 31.0 Å². The quantitative estimate of drug-likeness (QED) is 0.337. The third-order valence-corrected chi connectivity index (χ3v) is 6.09. The zero-order chi connectivity index (χ0) is 27.3. The molecule has 204 valence electrons. The van der Waals surface area contributed by atoms with Crippen molar-refractivity contribution in [3.63, 3.8) is 0 Å². The van der Waals surface area contributed by atoms with Crippen LogP contribution in [0.5, 0.6) is 17.4 Å². The van der Waals surface area contributed by atoms with Gasteiger partial charge in [-0.25, -0.2) is 9.48 Å². The normalized spacial score (nSPS) is 14.3. The fourth-order valence-electron chi connectivity index (χ4n) is 4.08. The first-order valence-corrected chi connectivity index (χ1v) is 12.2. The number of benzene rings is 2. The maximum atomic E-state index is 12.9. The van der Waals surface area contributed by atoms with E-state index in [0.717, 1.165) is 5.56 Å². The summed E-state index contributed by atoms with van der Waals surface area (Å²) in [5.74, 6) is -0.116. The molecule has 1 aliphatic heterocycles. The van der Waals surface area contributed by atoms with Crippen molar-refractivity contribution in [1.29, 1.82) is 0 Å². The zero-order valence-electron chi connectivity index (χ0n) is 20.7. The van der Waals surface area contributed by atoms with Crippen LogP contribution >= 0.6 is 11.6 Å². The predicted molar refractivity (Wildman–Crippen MR) is 132 cm³/mol. The fourth-order valence-corrected chi connectivity index (χ4v) is 4.24. The Morgan fingerprint density at radius 2 is 1.84 bits per heavy atom. The van der Waals surface area contributed by atoms with Crippen molar-refractivity contribution in [2.45, 2.75) is 38.8 Å². The van der Waals surface area contributed by atoms with Gasteiger partial charge in [-0.3, -0.25) is 0 Å². The molecule has 0 bridgehead atoms. The molecule has 38 heavy (non-hydrogen) atoms.